The molecule has 0 amide bonds. The molecule has 1 unspecified atom stereocenters. The zero-order chi connectivity index (χ0) is 14.5. The molecule has 0 bridgehead atoms. The summed E-state index contributed by atoms with van der Waals surface area (Å²) in [5.41, 5.74) is 0.248. The van der Waals surface area contributed by atoms with Gasteiger partial charge in [0, 0.05) is 0 Å². The fraction of sp³-hybridized carbons (Fsp3) is 0.500. The first-order valence-electron chi connectivity index (χ1n) is 6.48. The van der Waals surface area contributed by atoms with Crippen LogP contribution in [0.25, 0.3) is 11.2 Å². The minimum atomic E-state index is -0.605. The van der Waals surface area contributed by atoms with Crippen molar-refractivity contribution in [2.24, 2.45) is 0 Å². The van der Waals surface area contributed by atoms with Crippen molar-refractivity contribution >= 4 is 23.1 Å². The minimum Gasteiger partial charge on any atom is -0.464 e. The number of esters is 1. The van der Waals surface area contributed by atoms with Gasteiger partial charge in [0.25, 0.3) is 5.56 Å². The fourth-order valence-corrected chi connectivity index (χ4v) is 1.62. The molecule has 0 aliphatic rings. The highest BCUT2D eigenvalue weighted by molar-refractivity contribution is 5.78. The average Bonchev–Trinajstić information content (AvgIpc) is 2.87. The Bertz CT molecular complexity index is 648. The van der Waals surface area contributed by atoms with Crippen LogP contribution in [-0.2, 0) is 9.53 Å². The molecule has 0 aromatic carbocycles. The number of anilines is 1. The van der Waals surface area contributed by atoms with Gasteiger partial charge in [-0.05, 0) is 13.3 Å². The average molecular weight is 279 g/mol. The lowest BCUT2D eigenvalue weighted by molar-refractivity contribution is -0.144. The molecule has 0 fully saturated rings. The van der Waals surface area contributed by atoms with Crippen molar-refractivity contribution in [1.29, 1.82) is 0 Å². The Balaban J connectivity index is 2.03. The van der Waals surface area contributed by atoms with Crippen LogP contribution in [0.2, 0.25) is 0 Å². The summed E-state index contributed by atoms with van der Waals surface area (Å²) >= 11 is 0. The van der Waals surface area contributed by atoms with E-state index < -0.39 is 6.04 Å². The summed E-state index contributed by atoms with van der Waals surface area (Å²) in [6.45, 7) is 4.05. The highest BCUT2D eigenvalue weighted by Crippen LogP contribution is 2.05. The number of aromatic nitrogens is 4. The Morgan fingerprint density at radius 1 is 1.55 bits per heavy atom. The van der Waals surface area contributed by atoms with Gasteiger partial charge < -0.3 is 15.0 Å². The van der Waals surface area contributed by atoms with E-state index in [1.165, 1.54) is 6.33 Å². The van der Waals surface area contributed by atoms with Gasteiger partial charge in [0.05, 0.1) is 12.9 Å². The number of hydrogen-bond donors (Lipinski definition) is 3. The van der Waals surface area contributed by atoms with Crippen molar-refractivity contribution in [2.75, 3.05) is 11.9 Å². The molecule has 0 aliphatic carbocycles. The van der Waals surface area contributed by atoms with Gasteiger partial charge in [-0.15, -0.1) is 0 Å². The second-order valence-corrected chi connectivity index (χ2v) is 4.40. The third kappa shape index (κ3) is 3.14. The van der Waals surface area contributed by atoms with Crippen molar-refractivity contribution in [2.45, 2.75) is 32.7 Å². The summed E-state index contributed by atoms with van der Waals surface area (Å²) in [4.78, 5) is 36.6. The van der Waals surface area contributed by atoms with Crippen molar-refractivity contribution in [3.8, 4) is 0 Å². The van der Waals surface area contributed by atoms with E-state index in [4.69, 9.17) is 4.74 Å². The van der Waals surface area contributed by atoms with E-state index in [-0.39, 0.29) is 17.5 Å². The number of rotatable bonds is 6. The Labute approximate surface area is 115 Å². The molecule has 1 atom stereocenters. The van der Waals surface area contributed by atoms with Gasteiger partial charge in [-0.25, -0.2) is 9.78 Å². The lowest BCUT2D eigenvalue weighted by Gasteiger charge is -2.13. The van der Waals surface area contributed by atoms with Crippen molar-refractivity contribution in [1.82, 2.24) is 19.9 Å². The first kappa shape index (κ1) is 14.0. The minimum absolute atomic E-state index is 0.189. The number of unbranched alkanes of at least 4 members (excludes halogenated alkanes) is 1. The largest absolute Gasteiger partial charge is 0.464 e. The maximum absolute atomic E-state index is 11.7. The van der Waals surface area contributed by atoms with Gasteiger partial charge in [-0.3, -0.25) is 9.78 Å². The van der Waals surface area contributed by atoms with Crippen LogP contribution < -0.4 is 10.9 Å². The molecule has 3 N–H and O–H groups in total. The molecule has 20 heavy (non-hydrogen) atoms. The molecule has 108 valence electrons. The molecular formula is C12H17N5O3. The Morgan fingerprint density at radius 3 is 3.10 bits per heavy atom. The molecular weight excluding hydrogens is 262 g/mol. The van der Waals surface area contributed by atoms with Crippen LogP contribution in [0, 0.1) is 0 Å². The monoisotopic (exact) mass is 279 g/mol. The van der Waals surface area contributed by atoms with E-state index in [0.29, 0.717) is 17.8 Å². The number of H-pyrrole nitrogens is 2. The highest BCUT2D eigenvalue weighted by atomic mass is 16.5. The van der Waals surface area contributed by atoms with E-state index in [9.17, 15) is 9.59 Å². The van der Waals surface area contributed by atoms with Crippen molar-refractivity contribution in [3.05, 3.63) is 16.7 Å². The second kappa shape index (κ2) is 6.18. The first-order chi connectivity index (χ1) is 9.61. The molecule has 0 aliphatic heterocycles. The number of carbonyl (C=O) groups is 1. The van der Waals surface area contributed by atoms with E-state index >= 15 is 0 Å². The van der Waals surface area contributed by atoms with Crippen LogP contribution in [0.3, 0.4) is 0 Å². The van der Waals surface area contributed by atoms with Crippen LogP contribution in [0.15, 0.2) is 11.1 Å². The second-order valence-electron chi connectivity index (χ2n) is 4.40. The highest BCUT2D eigenvalue weighted by Gasteiger charge is 2.16. The van der Waals surface area contributed by atoms with Crippen LogP contribution in [-0.4, -0.2) is 38.6 Å². The third-order valence-corrected chi connectivity index (χ3v) is 2.75. The number of hydrogen-bond acceptors (Lipinski definition) is 6. The molecule has 8 nitrogen and oxygen atoms in total. The summed E-state index contributed by atoms with van der Waals surface area (Å²) in [5.74, 6) is -0.197. The van der Waals surface area contributed by atoms with Gasteiger partial charge in [0.15, 0.2) is 11.2 Å². The maximum Gasteiger partial charge on any atom is 0.328 e. The van der Waals surface area contributed by atoms with E-state index in [0.717, 1.165) is 12.8 Å². The van der Waals surface area contributed by atoms with Crippen LogP contribution in [0.5, 0.6) is 0 Å². The molecule has 2 aromatic heterocycles. The molecule has 8 heteroatoms. The lowest BCUT2D eigenvalue weighted by Crippen LogP contribution is -2.30. The topological polar surface area (TPSA) is 113 Å². The SMILES string of the molecule is CCCCOC(=O)C(C)Nc1nc2nc[nH]c2c(=O)[nH]1. The third-order valence-electron chi connectivity index (χ3n) is 2.75. The summed E-state index contributed by atoms with van der Waals surface area (Å²) in [6, 6.07) is -0.605. The quantitative estimate of drug-likeness (QED) is 0.532. The Kier molecular flexibility index (Phi) is 4.34. The lowest BCUT2D eigenvalue weighted by atomic mass is 10.3. The summed E-state index contributed by atoms with van der Waals surface area (Å²) in [7, 11) is 0. The molecule has 0 saturated heterocycles. The van der Waals surface area contributed by atoms with Gasteiger partial charge in [0.1, 0.15) is 6.04 Å². The molecule has 2 heterocycles. The normalized spacial score (nSPS) is 12.3. The van der Waals surface area contributed by atoms with E-state index in [2.05, 4.69) is 25.3 Å². The smallest absolute Gasteiger partial charge is 0.328 e. The predicted octanol–water partition coefficient (Wildman–Crippen LogP) is 0.790. The first-order valence-corrected chi connectivity index (χ1v) is 6.48. The van der Waals surface area contributed by atoms with E-state index in [1.807, 2.05) is 6.92 Å². The van der Waals surface area contributed by atoms with Gasteiger partial charge in [-0.1, -0.05) is 13.3 Å². The number of fused-ring (bicyclic) bond motifs is 1. The standard InChI is InChI=1S/C12H17N5O3/c1-3-4-5-20-11(19)7(2)15-12-16-9-8(10(18)17-12)13-6-14-9/h6-7H,3-5H2,1-2H3,(H3,13,14,15,16,17,18). The van der Waals surface area contributed by atoms with Crippen molar-refractivity contribution in [3.63, 3.8) is 0 Å². The van der Waals surface area contributed by atoms with Crippen LogP contribution >= 0.6 is 0 Å². The molecule has 0 saturated carbocycles. The van der Waals surface area contributed by atoms with Gasteiger partial charge >= 0.3 is 5.97 Å². The van der Waals surface area contributed by atoms with Gasteiger partial charge in [0.2, 0.25) is 5.95 Å². The molecule has 2 aromatic rings. The summed E-state index contributed by atoms with van der Waals surface area (Å²) in [5, 5.41) is 2.80. The molecule has 2 rings (SSSR count). The molecule has 0 radical (unpaired) electrons. The Hall–Kier alpha value is -2.38. The summed E-state index contributed by atoms with van der Waals surface area (Å²) < 4.78 is 5.08. The van der Waals surface area contributed by atoms with Gasteiger partial charge in [-0.2, -0.15) is 4.98 Å². The van der Waals surface area contributed by atoms with Crippen molar-refractivity contribution < 1.29 is 9.53 Å². The predicted molar refractivity (Wildman–Crippen MR) is 73.5 cm³/mol. The Morgan fingerprint density at radius 2 is 2.35 bits per heavy atom. The van der Waals surface area contributed by atoms with E-state index in [1.54, 1.807) is 6.92 Å². The number of nitrogens with zero attached hydrogens (tertiary/aromatic N) is 2. The zero-order valence-electron chi connectivity index (χ0n) is 11.4. The fourth-order valence-electron chi connectivity index (χ4n) is 1.62. The zero-order valence-corrected chi connectivity index (χ0v) is 11.4. The number of nitrogens with one attached hydrogen (secondary N) is 3. The maximum atomic E-state index is 11.7. The van der Waals surface area contributed by atoms with Crippen LogP contribution in [0.1, 0.15) is 26.7 Å². The molecule has 0 spiro atoms. The number of ether oxygens (including phenoxy) is 1. The van der Waals surface area contributed by atoms with Crippen LogP contribution in [0.4, 0.5) is 5.95 Å². The number of carbonyl (C=O) groups excluding carboxylic acids is 1. The number of aromatic amines is 2. The summed E-state index contributed by atoms with van der Waals surface area (Å²) in [6.07, 6.45) is 3.17. The number of imidazole rings is 1.